The van der Waals surface area contributed by atoms with Gasteiger partial charge in [-0.1, -0.05) is 5.16 Å². The zero-order chi connectivity index (χ0) is 17.3. The SMILES string of the molecule is COCCc1noc([C@@H]2CC(F)(F)CN2C(=O)c2coc(C)n2)n1. The van der Waals surface area contributed by atoms with Crippen molar-refractivity contribution < 1.29 is 27.3 Å². The fourth-order valence-electron chi connectivity index (χ4n) is 2.56. The van der Waals surface area contributed by atoms with Gasteiger partial charge in [-0.05, 0) is 0 Å². The summed E-state index contributed by atoms with van der Waals surface area (Å²) in [6.45, 7) is 1.20. The number of methoxy groups -OCH3 is 1. The number of alkyl halides is 2. The zero-order valence-electron chi connectivity index (χ0n) is 13.2. The Labute approximate surface area is 135 Å². The van der Waals surface area contributed by atoms with E-state index in [-0.39, 0.29) is 17.5 Å². The first-order chi connectivity index (χ1) is 11.4. The van der Waals surface area contributed by atoms with Crippen LogP contribution in [-0.2, 0) is 11.2 Å². The molecule has 0 unspecified atom stereocenters. The Morgan fingerprint density at radius 3 is 2.96 bits per heavy atom. The van der Waals surface area contributed by atoms with Crippen LogP contribution in [0.5, 0.6) is 0 Å². The molecule has 0 bridgehead atoms. The molecule has 1 aliphatic heterocycles. The van der Waals surface area contributed by atoms with Crippen molar-refractivity contribution in [2.75, 3.05) is 20.3 Å². The predicted molar refractivity (Wildman–Crippen MR) is 74.5 cm³/mol. The maximum absolute atomic E-state index is 13.9. The van der Waals surface area contributed by atoms with Gasteiger partial charge in [0.15, 0.2) is 17.4 Å². The lowest BCUT2D eigenvalue weighted by Gasteiger charge is -2.19. The summed E-state index contributed by atoms with van der Waals surface area (Å²) < 4.78 is 42.7. The average Bonchev–Trinajstić information content (AvgIpc) is 3.22. The first kappa shape index (κ1) is 16.5. The van der Waals surface area contributed by atoms with Crippen LogP contribution in [0.2, 0.25) is 0 Å². The maximum atomic E-state index is 13.9. The van der Waals surface area contributed by atoms with Gasteiger partial charge in [-0.2, -0.15) is 4.98 Å². The molecule has 0 aliphatic carbocycles. The Balaban J connectivity index is 1.84. The number of hydrogen-bond acceptors (Lipinski definition) is 7. The second-order valence-corrected chi connectivity index (χ2v) is 5.55. The summed E-state index contributed by atoms with van der Waals surface area (Å²) >= 11 is 0. The number of likely N-dealkylation sites (tertiary alicyclic amines) is 1. The molecular formula is C14H16F2N4O4. The second-order valence-electron chi connectivity index (χ2n) is 5.55. The van der Waals surface area contributed by atoms with E-state index in [0.29, 0.717) is 18.9 Å². The normalized spacial score (nSPS) is 19.8. The molecule has 1 saturated heterocycles. The monoisotopic (exact) mass is 342 g/mol. The van der Waals surface area contributed by atoms with Crippen molar-refractivity contribution in [2.24, 2.45) is 0 Å². The van der Waals surface area contributed by atoms with Crippen molar-refractivity contribution in [3.63, 3.8) is 0 Å². The Kier molecular flexibility index (Phi) is 4.31. The average molecular weight is 342 g/mol. The van der Waals surface area contributed by atoms with E-state index < -0.39 is 30.8 Å². The van der Waals surface area contributed by atoms with Crippen LogP contribution in [0, 0.1) is 6.92 Å². The first-order valence-corrected chi connectivity index (χ1v) is 7.32. The van der Waals surface area contributed by atoms with Gasteiger partial charge in [0.05, 0.1) is 13.2 Å². The molecule has 1 fully saturated rings. The standard InChI is InChI=1S/C14H16F2N4O4/c1-8-17-9(6-23-8)13(21)20-7-14(15,16)5-10(20)12-18-11(19-24-12)3-4-22-2/h6,10H,3-5,7H2,1-2H3/t10-/m0/s1. The minimum absolute atomic E-state index is 0.0214. The van der Waals surface area contributed by atoms with Crippen LogP contribution >= 0.6 is 0 Å². The number of aryl methyl sites for hydroxylation is 1. The molecule has 10 heteroatoms. The van der Waals surface area contributed by atoms with Crippen LogP contribution in [-0.4, -0.2) is 52.1 Å². The van der Waals surface area contributed by atoms with E-state index >= 15 is 0 Å². The Bertz CT molecular complexity index is 730. The summed E-state index contributed by atoms with van der Waals surface area (Å²) in [6, 6.07) is -1.01. The maximum Gasteiger partial charge on any atom is 0.276 e. The van der Waals surface area contributed by atoms with Crippen LogP contribution in [0.15, 0.2) is 15.2 Å². The Morgan fingerprint density at radius 2 is 2.29 bits per heavy atom. The zero-order valence-corrected chi connectivity index (χ0v) is 13.2. The number of amides is 1. The van der Waals surface area contributed by atoms with Gasteiger partial charge in [0, 0.05) is 26.9 Å². The van der Waals surface area contributed by atoms with E-state index in [9.17, 15) is 13.6 Å². The van der Waals surface area contributed by atoms with Crippen LogP contribution in [0.25, 0.3) is 0 Å². The van der Waals surface area contributed by atoms with Gasteiger partial charge >= 0.3 is 0 Å². The number of halogens is 2. The van der Waals surface area contributed by atoms with Crippen LogP contribution in [0.1, 0.15) is 40.6 Å². The molecule has 3 rings (SSSR count). The molecule has 2 aromatic heterocycles. The van der Waals surface area contributed by atoms with Gasteiger partial charge in [-0.3, -0.25) is 4.79 Å². The van der Waals surface area contributed by atoms with Gasteiger partial charge in [0.25, 0.3) is 11.8 Å². The lowest BCUT2D eigenvalue weighted by atomic mass is 10.2. The largest absolute Gasteiger partial charge is 0.448 e. The minimum atomic E-state index is -3.04. The number of ether oxygens (including phenoxy) is 1. The van der Waals surface area contributed by atoms with Gasteiger partial charge in [-0.15, -0.1) is 0 Å². The summed E-state index contributed by atoms with van der Waals surface area (Å²) in [5, 5.41) is 3.73. The van der Waals surface area contributed by atoms with E-state index in [0.717, 1.165) is 11.2 Å². The summed E-state index contributed by atoms with van der Waals surface area (Å²) in [5.41, 5.74) is -0.0330. The van der Waals surface area contributed by atoms with E-state index in [1.165, 1.54) is 7.11 Å². The van der Waals surface area contributed by atoms with Crippen molar-refractivity contribution in [3.05, 3.63) is 29.6 Å². The molecule has 1 atom stereocenters. The minimum Gasteiger partial charge on any atom is -0.448 e. The molecule has 8 nitrogen and oxygen atoms in total. The summed E-state index contributed by atoms with van der Waals surface area (Å²) in [7, 11) is 1.53. The molecule has 0 N–H and O–H groups in total. The molecule has 1 aliphatic rings. The number of aromatic nitrogens is 3. The van der Waals surface area contributed by atoms with E-state index in [1.54, 1.807) is 6.92 Å². The summed E-state index contributed by atoms with van der Waals surface area (Å²) in [6.07, 6.45) is 0.948. The van der Waals surface area contributed by atoms with Crippen LogP contribution < -0.4 is 0 Å². The summed E-state index contributed by atoms with van der Waals surface area (Å²) in [5.74, 6) is -3.11. The predicted octanol–water partition coefficient (Wildman–Crippen LogP) is 1.78. The first-order valence-electron chi connectivity index (χ1n) is 7.32. The quantitative estimate of drug-likeness (QED) is 0.817. The van der Waals surface area contributed by atoms with Gasteiger partial charge in [0.1, 0.15) is 12.3 Å². The molecule has 0 aromatic carbocycles. The smallest absolute Gasteiger partial charge is 0.276 e. The van der Waals surface area contributed by atoms with Crippen LogP contribution in [0.3, 0.4) is 0 Å². The molecule has 3 heterocycles. The molecule has 2 aromatic rings. The van der Waals surface area contributed by atoms with Gasteiger partial charge in [0.2, 0.25) is 5.89 Å². The molecule has 130 valence electrons. The topological polar surface area (TPSA) is 94.5 Å². The molecule has 0 spiro atoms. The third kappa shape index (κ3) is 3.28. The number of hydrogen-bond donors (Lipinski definition) is 0. The lowest BCUT2D eigenvalue weighted by Crippen LogP contribution is -2.33. The van der Waals surface area contributed by atoms with Crippen molar-refractivity contribution in [2.45, 2.75) is 31.7 Å². The number of carbonyl (C=O) groups excluding carboxylic acids is 1. The Morgan fingerprint density at radius 1 is 1.50 bits per heavy atom. The van der Waals surface area contributed by atoms with Gasteiger partial charge in [-0.25, -0.2) is 13.8 Å². The fraction of sp³-hybridized carbons (Fsp3) is 0.571. The van der Waals surface area contributed by atoms with Crippen molar-refractivity contribution in [1.82, 2.24) is 20.0 Å². The van der Waals surface area contributed by atoms with E-state index in [1.807, 2.05) is 0 Å². The van der Waals surface area contributed by atoms with Gasteiger partial charge < -0.3 is 18.6 Å². The molecule has 1 amide bonds. The van der Waals surface area contributed by atoms with Crippen molar-refractivity contribution >= 4 is 5.91 Å². The number of nitrogens with zero attached hydrogens (tertiary/aromatic N) is 4. The van der Waals surface area contributed by atoms with Crippen LogP contribution in [0.4, 0.5) is 8.78 Å². The fourth-order valence-corrected chi connectivity index (χ4v) is 2.56. The second kappa shape index (κ2) is 6.27. The summed E-state index contributed by atoms with van der Waals surface area (Å²) in [4.78, 5) is 21.5. The third-order valence-electron chi connectivity index (χ3n) is 3.67. The highest BCUT2D eigenvalue weighted by Crippen LogP contribution is 2.41. The molecular weight excluding hydrogens is 326 g/mol. The van der Waals surface area contributed by atoms with Crippen molar-refractivity contribution in [1.29, 1.82) is 0 Å². The highest BCUT2D eigenvalue weighted by molar-refractivity contribution is 5.92. The number of rotatable bonds is 5. The highest BCUT2D eigenvalue weighted by Gasteiger charge is 2.50. The third-order valence-corrected chi connectivity index (χ3v) is 3.67. The van der Waals surface area contributed by atoms with E-state index in [2.05, 4.69) is 15.1 Å². The molecule has 24 heavy (non-hydrogen) atoms. The molecule has 0 radical (unpaired) electrons. The Hall–Kier alpha value is -2.36. The highest BCUT2D eigenvalue weighted by atomic mass is 19.3. The van der Waals surface area contributed by atoms with E-state index in [4.69, 9.17) is 13.7 Å². The lowest BCUT2D eigenvalue weighted by molar-refractivity contribution is 0.0116. The molecule has 0 saturated carbocycles. The number of carbonyl (C=O) groups is 1. The van der Waals surface area contributed by atoms with Crippen molar-refractivity contribution in [3.8, 4) is 0 Å². The number of oxazole rings is 1.